The van der Waals surface area contributed by atoms with Gasteiger partial charge in [-0.05, 0) is 34.9 Å². The number of ether oxygens (including phenoxy) is 2. The second kappa shape index (κ2) is 10.9. The molecule has 1 amide bonds. The highest BCUT2D eigenvalue weighted by molar-refractivity contribution is 6.11. The van der Waals surface area contributed by atoms with Crippen LogP contribution in [0.1, 0.15) is 46.4 Å². The number of esters is 2. The van der Waals surface area contributed by atoms with E-state index >= 15 is 0 Å². The number of aliphatic hydroxyl groups excluding tert-OH is 1. The molecule has 0 saturated carbocycles. The average molecular weight is 591 g/mol. The highest BCUT2D eigenvalue weighted by Gasteiger charge is 2.75. The van der Waals surface area contributed by atoms with Crippen molar-refractivity contribution in [3.05, 3.63) is 138 Å². The maximum Gasteiger partial charge on any atom is 0.325 e. The van der Waals surface area contributed by atoms with Crippen LogP contribution < -0.4 is 5.32 Å². The molecule has 4 aromatic rings. The van der Waals surface area contributed by atoms with Crippen LogP contribution in [0.25, 0.3) is 0 Å². The molecule has 3 aliphatic rings. The molecule has 9 nitrogen and oxygen atoms in total. The first-order chi connectivity index (χ1) is 21.5. The van der Waals surface area contributed by atoms with Crippen LogP contribution in [0.15, 0.2) is 114 Å². The summed E-state index contributed by atoms with van der Waals surface area (Å²) in [5, 5.41) is 12.9. The van der Waals surface area contributed by atoms with Gasteiger partial charge in [-0.1, -0.05) is 91.5 Å². The summed E-state index contributed by atoms with van der Waals surface area (Å²) in [7, 11) is 0. The van der Waals surface area contributed by atoms with Crippen LogP contribution in [0.2, 0.25) is 0 Å². The average Bonchev–Trinajstić information content (AvgIpc) is 3.74. The monoisotopic (exact) mass is 590 g/mol. The number of hydrogen-bond donors (Lipinski definition) is 2. The summed E-state index contributed by atoms with van der Waals surface area (Å²) in [5.41, 5.74) is 0.997. The maximum atomic E-state index is 14.5. The second-order valence-corrected chi connectivity index (χ2v) is 11.1. The van der Waals surface area contributed by atoms with Gasteiger partial charge in [-0.3, -0.25) is 19.3 Å². The lowest BCUT2D eigenvalue weighted by molar-refractivity contribution is -0.180. The number of nitrogens with one attached hydrogen (secondary N) is 1. The van der Waals surface area contributed by atoms with Gasteiger partial charge in [-0.25, -0.2) is 0 Å². The number of fused-ring (bicyclic) bond motifs is 3. The molecule has 0 unspecified atom stereocenters. The lowest BCUT2D eigenvalue weighted by Gasteiger charge is -2.45. The summed E-state index contributed by atoms with van der Waals surface area (Å²) in [5.74, 6) is -2.55. The standard InChI is InChI=1S/C35H30N2O7/c1-2-19-42-32(39)27-29-33(40)44-30(22-13-7-4-8-14-22)28(21-11-5-3-6-12-21)37(29)31(26-18-17-23(20-38)43-26)35(27)24-15-9-10-16-25(24)36-34(35)41/h2-18,27-31,38H,1,19-20H2,(H,36,41)/t27-,28-,29-,30+,31+,35-/m0/s1. The molecule has 2 fully saturated rings. The van der Waals surface area contributed by atoms with E-state index < -0.39 is 53.4 Å². The zero-order valence-corrected chi connectivity index (χ0v) is 23.7. The lowest BCUT2D eigenvalue weighted by Crippen LogP contribution is -2.52. The van der Waals surface area contributed by atoms with Gasteiger partial charge in [0.15, 0.2) is 0 Å². The highest BCUT2D eigenvalue weighted by atomic mass is 16.6. The number of morpholine rings is 1. The van der Waals surface area contributed by atoms with Crippen molar-refractivity contribution in [1.29, 1.82) is 0 Å². The smallest absolute Gasteiger partial charge is 0.325 e. The van der Waals surface area contributed by atoms with Gasteiger partial charge in [0.1, 0.15) is 48.2 Å². The van der Waals surface area contributed by atoms with E-state index in [0.717, 1.165) is 11.1 Å². The van der Waals surface area contributed by atoms with Crippen molar-refractivity contribution in [2.75, 3.05) is 11.9 Å². The molecule has 0 bridgehead atoms. The van der Waals surface area contributed by atoms with E-state index in [4.69, 9.17) is 13.9 Å². The van der Waals surface area contributed by atoms with Gasteiger partial charge < -0.3 is 24.3 Å². The predicted molar refractivity (Wildman–Crippen MR) is 159 cm³/mol. The number of nitrogens with zero attached hydrogens (tertiary/aromatic N) is 1. The van der Waals surface area contributed by atoms with Crippen LogP contribution in [0, 0.1) is 5.92 Å². The first-order valence-electron chi connectivity index (χ1n) is 14.5. The van der Waals surface area contributed by atoms with Crippen molar-refractivity contribution in [1.82, 2.24) is 4.90 Å². The number of cyclic esters (lactones) is 1. The second-order valence-electron chi connectivity index (χ2n) is 11.1. The number of benzene rings is 3. The third-order valence-corrected chi connectivity index (χ3v) is 8.92. The van der Waals surface area contributed by atoms with Crippen LogP contribution in [0.4, 0.5) is 5.69 Å². The van der Waals surface area contributed by atoms with E-state index in [1.54, 1.807) is 36.4 Å². The van der Waals surface area contributed by atoms with Crippen molar-refractivity contribution in [3.8, 4) is 0 Å². The minimum atomic E-state index is -1.65. The van der Waals surface area contributed by atoms with Gasteiger partial charge in [-0.2, -0.15) is 0 Å². The zero-order valence-electron chi connectivity index (χ0n) is 23.7. The SMILES string of the molecule is C=CCOC(=O)[C@@H]1[C@H]2C(=O)O[C@H](c3ccccc3)[C@H](c3ccccc3)N2[C@H](c2ccc(CO)o2)[C@@]12C(=O)Nc1ccccc12. The number of amides is 1. The van der Waals surface area contributed by atoms with Crippen molar-refractivity contribution in [2.45, 2.75) is 36.3 Å². The molecule has 4 heterocycles. The number of rotatable bonds is 7. The predicted octanol–water partition coefficient (Wildman–Crippen LogP) is 4.77. The molecule has 9 heteroatoms. The Morgan fingerprint density at radius 2 is 1.61 bits per heavy atom. The Morgan fingerprint density at radius 1 is 0.932 bits per heavy atom. The molecule has 6 atom stereocenters. The third kappa shape index (κ3) is 4.04. The zero-order chi connectivity index (χ0) is 30.4. The largest absolute Gasteiger partial charge is 0.462 e. The molecule has 0 aliphatic carbocycles. The number of anilines is 1. The number of aliphatic hydroxyl groups is 1. The lowest BCUT2D eigenvalue weighted by atomic mass is 9.66. The fraction of sp³-hybridized carbons (Fsp3) is 0.229. The molecule has 3 aromatic carbocycles. The summed E-state index contributed by atoms with van der Waals surface area (Å²) < 4.78 is 18.1. The Kier molecular flexibility index (Phi) is 6.91. The maximum absolute atomic E-state index is 14.5. The molecule has 1 aromatic heterocycles. The summed E-state index contributed by atoms with van der Waals surface area (Å²) in [6.07, 6.45) is 0.659. The molecular formula is C35H30N2O7. The Morgan fingerprint density at radius 3 is 2.30 bits per heavy atom. The Labute approximate surface area is 253 Å². The van der Waals surface area contributed by atoms with E-state index in [-0.39, 0.29) is 19.0 Å². The van der Waals surface area contributed by atoms with Crippen molar-refractivity contribution >= 4 is 23.5 Å². The van der Waals surface area contributed by atoms with Crippen molar-refractivity contribution in [2.24, 2.45) is 5.92 Å². The van der Waals surface area contributed by atoms with Crippen molar-refractivity contribution in [3.63, 3.8) is 0 Å². The van der Waals surface area contributed by atoms with Crippen LogP contribution in [0.3, 0.4) is 0 Å². The molecule has 3 aliphatic heterocycles. The van der Waals surface area contributed by atoms with E-state index in [1.165, 1.54) is 6.08 Å². The van der Waals surface area contributed by atoms with Crippen LogP contribution in [-0.4, -0.2) is 40.5 Å². The van der Waals surface area contributed by atoms with Gasteiger partial charge in [0.05, 0.1) is 12.1 Å². The number of para-hydroxylation sites is 1. The fourth-order valence-electron chi connectivity index (χ4n) is 7.31. The number of hydrogen-bond acceptors (Lipinski definition) is 8. The van der Waals surface area contributed by atoms with Gasteiger partial charge in [0, 0.05) is 5.69 Å². The highest BCUT2D eigenvalue weighted by Crippen LogP contribution is 2.64. The summed E-state index contributed by atoms with van der Waals surface area (Å²) >= 11 is 0. The first-order valence-corrected chi connectivity index (χ1v) is 14.5. The molecule has 7 rings (SSSR count). The van der Waals surface area contributed by atoms with Gasteiger partial charge >= 0.3 is 11.9 Å². The normalized spacial score (nSPS) is 27.3. The molecule has 0 radical (unpaired) electrons. The van der Waals surface area contributed by atoms with Gasteiger partial charge in [0.2, 0.25) is 5.91 Å². The number of carbonyl (C=O) groups is 3. The minimum Gasteiger partial charge on any atom is -0.462 e. The Bertz CT molecular complexity index is 1740. The van der Waals surface area contributed by atoms with Gasteiger partial charge in [-0.15, -0.1) is 0 Å². The topological polar surface area (TPSA) is 118 Å². The Hall–Kier alpha value is -4.99. The van der Waals surface area contributed by atoms with Gasteiger partial charge in [0.25, 0.3) is 0 Å². The molecular weight excluding hydrogens is 560 g/mol. The Balaban J connectivity index is 1.55. The van der Waals surface area contributed by atoms with E-state index in [9.17, 15) is 19.5 Å². The van der Waals surface area contributed by atoms with E-state index in [1.807, 2.05) is 65.6 Å². The molecule has 2 saturated heterocycles. The molecule has 2 N–H and O–H groups in total. The number of furan rings is 1. The quantitative estimate of drug-likeness (QED) is 0.234. The molecule has 44 heavy (non-hydrogen) atoms. The van der Waals surface area contributed by atoms with Crippen LogP contribution >= 0.6 is 0 Å². The fourth-order valence-corrected chi connectivity index (χ4v) is 7.31. The van der Waals surface area contributed by atoms with Crippen LogP contribution in [0.5, 0.6) is 0 Å². The summed E-state index contributed by atoms with van der Waals surface area (Å²) in [6.45, 7) is 3.19. The first kappa shape index (κ1) is 27.8. The minimum absolute atomic E-state index is 0.106. The summed E-state index contributed by atoms with van der Waals surface area (Å²) in [6, 6.07) is 26.6. The van der Waals surface area contributed by atoms with Crippen LogP contribution in [-0.2, 0) is 35.9 Å². The summed E-state index contributed by atoms with van der Waals surface area (Å²) in [4.78, 5) is 45.0. The third-order valence-electron chi connectivity index (χ3n) is 8.92. The van der Waals surface area contributed by atoms with Crippen molar-refractivity contribution < 1.29 is 33.4 Å². The number of carbonyl (C=O) groups excluding carboxylic acids is 3. The van der Waals surface area contributed by atoms with E-state index in [2.05, 4.69) is 11.9 Å². The molecule has 222 valence electrons. The van der Waals surface area contributed by atoms with E-state index in [0.29, 0.717) is 17.0 Å². The molecule has 1 spiro atoms.